The van der Waals surface area contributed by atoms with Crippen molar-refractivity contribution in [2.45, 2.75) is 115 Å². The number of ether oxygens (including phenoxy) is 2. The Bertz CT molecular complexity index is 583. The van der Waals surface area contributed by atoms with Gasteiger partial charge in [0.25, 0.3) is 0 Å². The maximum Gasteiger partial charge on any atom is 0.306 e. The summed E-state index contributed by atoms with van der Waals surface area (Å²) in [5.41, 5.74) is -1.44. The standard InChI is InChI=1S/C26H50O4S4/c1-9-21(3)33-20-19-32-17-12-22(27)25(6,7)29-15-14-24(4,5)30-23(28)11-13-26(8,10-2)34-18-16-31/h21,31H,9-20H2,1-8H3. The molecule has 0 aliphatic rings. The minimum Gasteiger partial charge on any atom is -0.460 e. The minimum absolute atomic E-state index is 0.0739. The third kappa shape index (κ3) is 16.3. The van der Waals surface area contributed by atoms with Gasteiger partial charge in [-0.3, -0.25) is 9.59 Å². The van der Waals surface area contributed by atoms with Crippen molar-refractivity contribution in [2.24, 2.45) is 0 Å². The van der Waals surface area contributed by atoms with Gasteiger partial charge in [-0.25, -0.2) is 0 Å². The molecule has 0 aliphatic carbocycles. The zero-order valence-electron chi connectivity index (χ0n) is 22.9. The monoisotopic (exact) mass is 554 g/mol. The zero-order valence-corrected chi connectivity index (χ0v) is 26.2. The van der Waals surface area contributed by atoms with Crippen LogP contribution in [0.1, 0.15) is 93.9 Å². The quantitative estimate of drug-likeness (QED) is 0.0905. The Kier molecular flexibility index (Phi) is 18.1. The summed E-state index contributed by atoms with van der Waals surface area (Å²) in [7, 11) is 0. The van der Waals surface area contributed by atoms with Crippen molar-refractivity contribution >= 4 is 59.7 Å². The van der Waals surface area contributed by atoms with E-state index in [-0.39, 0.29) is 16.5 Å². The van der Waals surface area contributed by atoms with Crippen molar-refractivity contribution in [3.63, 3.8) is 0 Å². The molecule has 2 unspecified atom stereocenters. The second kappa shape index (κ2) is 17.9. The molecule has 2 atom stereocenters. The summed E-state index contributed by atoms with van der Waals surface area (Å²) < 4.78 is 11.8. The second-order valence-corrected chi connectivity index (χ2v) is 15.0. The molecule has 0 bridgehead atoms. The van der Waals surface area contributed by atoms with Crippen molar-refractivity contribution in [1.29, 1.82) is 0 Å². The molecule has 0 saturated heterocycles. The number of carbonyl (C=O) groups excluding carboxylic acids is 2. The molecular weight excluding hydrogens is 505 g/mol. The Morgan fingerprint density at radius 1 is 0.941 bits per heavy atom. The summed E-state index contributed by atoms with van der Waals surface area (Å²) >= 11 is 10.0. The Morgan fingerprint density at radius 2 is 1.62 bits per heavy atom. The van der Waals surface area contributed by atoms with Crippen LogP contribution in [0, 0.1) is 0 Å². The molecule has 0 amide bonds. The average Bonchev–Trinajstić information content (AvgIpc) is 2.77. The molecule has 0 rings (SSSR count). The van der Waals surface area contributed by atoms with Crippen LogP contribution in [0.15, 0.2) is 0 Å². The maximum atomic E-state index is 12.6. The van der Waals surface area contributed by atoms with Crippen LogP contribution in [-0.2, 0) is 19.1 Å². The lowest BCUT2D eigenvalue weighted by Crippen LogP contribution is -2.38. The number of Topliss-reactive ketones (excluding diaryl/α,β-unsaturated/α-hetero) is 1. The van der Waals surface area contributed by atoms with Crippen LogP contribution < -0.4 is 0 Å². The maximum absolute atomic E-state index is 12.6. The molecule has 0 aromatic rings. The van der Waals surface area contributed by atoms with Crippen LogP contribution in [-0.4, -0.2) is 68.3 Å². The number of hydrogen-bond donors (Lipinski definition) is 1. The predicted octanol–water partition coefficient (Wildman–Crippen LogP) is 7.33. The van der Waals surface area contributed by atoms with Crippen LogP contribution in [0.3, 0.4) is 0 Å². The Labute approximate surface area is 228 Å². The van der Waals surface area contributed by atoms with Crippen molar-refractivity contribution in [1.82, 2.24) is 0 Å². The first-order valence-corrected chi connectivity index (χ1v) is 16.5. The summed E-state index contributed by atoms with van der Waals surface area (Å²) in [6.45, 7) is 16.7. The highest BCUT2D eigenvalue weighted by Crippen LogP contribution is 2.34. The van der Waals surface area contributed by atoms with E-state index in [0.717, 1.165) is 41.6 Å². The molecule has 0 heterocycles. The molecule has 0 N–H and O–H groups in total. The smallest absolute Gasteiger partial charge is 0.306 e. The fraction of sp³-hybridized carbons (Fsp3) is 0.923. The van der Waals surface area contributed by atoms with Gasteiger partial charge in [0.1, 0.15) is 11.2 Å². The van der Waals surface area contributed by atoms with Gasteiger partial charge in [0.2, 0.25) is 0 Å². The van der Waals surface area contributed by atoms with E-state index < -0.39 is 11.2 Å². The average molecular weight is 555 g/mol. The molecule has 0 aromatic heterocycles. The van der Waals surface area contributed by atoms with Gasteiger partial charge in [-0.15, -0.1) is 0 Å². The van der Waals surface area contributed by atoms with E-state index in [1.165, 1.54) is 6.42 Å². The SMILES string of the molecule is CCC(C)SCCSCCC(=O)C(C)(C)OCCC(C)(C)OC(=O)CCC(C)(CC)SCCS. The highest BCUT2D eigenvalue weighted by Gasteiger charge is 2.30. The number of rotatable bonds is 21. The highest BCUT2D eigenvalue weighted by molar-refractivity contribution is 8.03. The van der Waals surface area contributed by atoms with Gasteiger partial charge in [-0.05, 0) is 52.7 Å². The van der Waals surface area contributed by atoms with E-state index in [4.69, 9.17) is 9.47 Å². The van der Waals surface area contributed by atoms with Gasteiger partial charge in [-0.2, -0.15) is 47.9 Å². The van der Waals surface area contributed by atoms with E-state index >= 15 is 0 Å². The minimum atomic E-state index is -0.820. The van der Waals surface area contributed by atoms with Gasteiger partial charge in [0.05, 0.1) is 6.61 Å². The van der Waals surface area contributed by atoms with Crippen LogP contribution in [0.4, 0.5) is 0 Å². The number of thioether (sulfide) groups is 3. The van der Waals surface area contributed by atoms with Gasteiger partial charge in [0, 0.05) is 52.3 Å². The lowest BCUT2D eigenvalue weighted by molar-refractivity contribution is -0.161. The van der Waals surface area contributed by atoms with E-state index in [1.807, 2.05) is 63.0 Å². The first kappa shape index (κ1) is 34.5. The number of ketones is 1. The summed E-state index contributed by atoms with van der Waals surface area (Å²) in [6.07, 6.45) is 4.48. The number of esters is 1. The Hall–Kier alpha value is 0.500. The third-order valence-electron chi connectivity index (χ3n) is 6.05. The van der Waals surface area contributed by atoms with Crippen molar-refractivity contribution in [2.75, 3.05) is 35.4 Å². The zero-order chi connectivity index (χ0) is 26.3. The molecule has 202 valence electrons. The van der Waals surface area contributed by atoms with Gasteiger partial charge >= 0.3 is 5.97 Å². The summed E-state index contributed by atoms with van der Waals surface area (Å²) in [5.74, 6) is 4.82. The van der Waals surface area contributed by atoms with Gasteiger partial charge in [0.15, 0.2) is 5.78 Å². The van der Waals surface area contributed by atoms with E-state index in [1.54, 1.807) is 0 Å². The Morgan fingerprint density at radius 3 is 2.21 bits per heavy atom. The first-order valence-electron chi connectivity index (χ1n) is 12.6. The van der Waals surface area contributed by atoms with E-state index in [9.17, 15) is 9.59 Å². The molecule has 0 radical (unpaired) electrons. The molecule has 0 spiro atoms. The van der Waals surface area contributed by atoms with Crippen LogP contribution in [0.2, 0.25) is 0 Å². The van der Waals surface area contributed by atoms with Crippen LogP contribution in [0.25, 0.3) is 0 Å². The molecule has 0 saturated carbocycles. The van der Waals surface area contributed by atoms with E-state index in [2.05, 4.69) is 40.3 Å². The van der Waals surface area contributed by atoms with Crippen molar-refractivity contribution in [3.05, 3.63) is 0 Å². The summed E-state index contributed by atoms with van der Waals surface area (Å²) in [6, 6.07) is 0. The molecule has 0 aliphatic heterocycles. The molecule has 8 heteroatoms. The summed E-state index contributed by atoms with van der Waals surface area (Å²) in [4.78, 5) is 25.1. The Balaban J connectivity index is 4.29. The first-order chi connectivity index (χ1) is 15.8. The molecule has 4 nitrogen and oxygen atoms in total. The van der Waals surface area contributed by atoms with E-state index in [0.29, 0.717) is 31.1 Å². The predicted molar refractivity (Wildman–Crippen MR) is 158 cm³/mol. The largest absolute Gasteiger partial charge is 0.460 e. The number of thiol groups is 1. The van der Waals surface area contributed by atoms with Crippen LogP contribution >= 0.6 is 47.9 Å². The molecule has 0 fully saturated rings. The molecular formula is C26H50O4S4. The second-order valence-electron chi connectivity index (χ2n) is 10.1. The van der Waals surface area contributed by atoms with Crippen molar-refractivity contribution in [3.8, 4) is 0 Å². The highest BCUT2D eigenvalue weighted by atomic mass is 32.2. The fourth-order valence-corrected chi connectivity index (χ4v) is 6.38. The normalized spacial score (nSPS) is 15.1. The van der Waals surface area contributed by atoms with Gasteiger partial charge < -0.3 is 9.47 Å². The van der Waals surface area contributed by atoms with Crippen LogP contribution in [0.5, 0.6) is 0 Å². The van der Waals surface area contributed by atoms with Crippen molar-refractivity contribution < 1.29 is 19.1 Å². The molecule has 34 heavy (non-hydrogen) atoms. The lowest BCUT2D eigenvalue weighted by Gasteiger charge is -2.30. The summed E-state index contributed by atoms with van der Waals surface area (Å²) in [5, 5.41) is 0.705. The topological polar surface area (TPSA) is 52.6 Å². The molecule has 0 aromatic carbocycles. The lowest BCUT2D eigenvalue weighted by atomic mass is 10.0. The van der Waals surface area contributed by atoms with Gasteiger partial charge in [-0.1, -0.05) is 27.7 Å². The fourth-order valence-electron chi connectivity index (χ4n) is 3.05. The third-order valence-corrected chi connectivity index (χ3v) is 10.8. The number of hydrogen-bond acceptors (Lipinski definition) is 8. The number of carbonyl (C=O) groups is 2.